The predicted molar refractivity (Wildman–Crippen MR) is 45.7 cm³/mol. The number of ether oxygens (including phenoxy) is 3. The standard InChI is InChI=1S/C9H13NO4/c11-8-10-2-1-9(13-3-4-14-9)5-7(10)6-12-8/h7H,1-6H2/t7-/m1/s1. The summed E-state index contributed by atoms with van der Waals surface area (Å²) in [5, 5.41) is 0. The van der Waals surface area contributed by atoms with Gasteiger partial charge in [0.15, 0.2) is 5.79 Å². The van der Waals surface area contributed by atoms with Crippen molar-refractivity contribution in [1.29, 1.82) is 0 Å². The highest BCUT2D eigenvalue weighted by Gasteiger charge is 2.48. The van der Waals surface area contributed by atoms with Gasteiger partial charge in [-0.15, -0.1) is 0 Å². The maximum absolute atomic E-state index is 11.2. The third-order valence-corrected chi connectivity index (χ3v) is 3.17. The van der Waals surface area contributed by atoms with E-state index in [1.54, 1.807) is 4.90 Å². The highest BCUT2D eigenvalue weighted by molar-refractivity contribution is 5.70. The maximum atomic E-state index is 11.2. The van der Waals surface area contributed by atoms with Crippen molar-refractivity contribution in [3.05, 3.63) is 0 Å². The third kappa shape index (κ3) is 1.12. The first-order valence-electron chi connectivity index (χ1n) is 5.00. The lowest BCUT2D eigenvalue weighted by Gasteiger charge is -2.38. The number of hydrogen-bond donors (Lipinski definition) is 0. The van der Waals surface area contributed by atoms with E-state index < -0.39 is 5.79 Å². The molecule has 0 radical (unpaired) electrons. The van der Waals surface area contributed by atoms with Gasteiger partial charge in [0.05, 0.1) is 19.3 Å². The minimum absolute atomic E-state index is 0.148. The Hall–Kier alpha value is -0.810. The van der Waals surface area contributed by atoms with Crippen molar-refractivity contribution < 1.29 is 19.0 Å². The number of carbonyl (C=O) groups is 1. The van der Waals surface area contributed by atoms with Gasteiger partial charge in [0, 0.05) is 19.4 Å². The van der Waals surface area contributed by atoms with E-state index in [9.17, 15) is 4.79 Å². The fourth-order valence-electron chi connectivity index (χ4n) is 2.44. The van der Waals surface area contributed by atoms with E-state index in [0.29, 0.717) is 26.4 Å². The molecule has 0 N–H and O–H groups in total. The van der Waals surface area contributed by atoms with Crippen molar-refractivity contribution in [2.24, 2.45) is 0 Å². The summed E-state index contributed by atoms with van der Waals surface area (Å²) in [6.45, 7) is 2.50. The molecule has 14 heavy (non-hydrogen) atoms. The van der Waals surface area contributed by atoms with Crippen LogP contribution in [0, 0.1) is 0 Å². The first kappa shape index (κ1) is 8.49. The molecule has 1 amide bonds. The summed E-state index contributed by atoms with van der Waals surface area (Å²) < 4.78 is 16.2. The van der Waals surface area contributed by atoms with E-state index in [1.165, 1.54) is 0 Å². The van der Waals surface area contributed by atoms with Gasteiger partial charge in [-0.2, -0.15) is 0 Å². The normalized spacial score (nSPS) is 34.7. The monoisotopic (exact) mass is 199 g/mol. The van der Waals surface area contributed by atoms with Crippen molar-refractivity contribution in [2.45, 2.75) is 24.7 Å². The van der Waals surface area contributed by atoms with Crippen molar-refractivity contribution in [1.82, 2.24) is 4.90 Å². The molecular weight excluding hydrogens is 186 g/mol. The number of piperidine rings is 1. The zero-order valence-electron chi connectivity index (χ0n) is 7.90. The van der Waals surface area contributed by atoms with Crippen LogP contribution < -0.4 is 0 Å². The van der Waals surface area contributed by atoms with Crippen molar-refractivity contribution in [3.63, 3.8) is 0 Å². The number of hydrogen-bond acceptors (Lipinski definition) is 4. The fraction of sp³-hybridized carbons (Fsp3) is 0.889. The number of rotatable bonds is 0. The van der Waals surface area contributed by atoms with E-state index in [1.807, 2.05) is 0 Å². The molecule has 3 saturated heterocycles. The van der Waals surface area contributed by atoms with Crippen molar-refractivity contribution in [2.75, 3.05) is 26.4 Å². The molecule has 3 fully saturated rings. The summed E-state index contributed by atoms with van der Waals surface area (Å²) in [5.41, 5.74) is 0. The molecule has 3 aliphatic heterocycles. The first-order valence-corrected chi connectivity index (χ1v) is 5.00. The molecule has 5 heteroatoms. The number of fused-ring (bicyclic) bond motifs is 1. The van der Waals surface area contributed by atoms with Crippen LogP contribution in [0.4, 0.5) is 4.79 Å². The van der Waals surface area contributed by atoms with Crippen LogP contribution in [0.2, 0.25) is 0 Å². The first-order chi connectivity index (χ1) is 6.79. The van der Waals surface area contributed by atoms with Crippen LogP contribution in [-0.4, -0.2) is 49.2 Å². The SMILES string of the molecule is O=C1OC[C@H]2CC3(CCN12)OCCO3. The second kappa shape index (κ2) is 2.84. The molecule has 0 aromatic carbocycles. The summed E-state index contributed by atoms with van der Waals surface area (Å²) in [4.78, 5) is 13.0. The number of amides is 1. The molecule has 0 saturated carbocycles. The molecule has 0 aliphatic carbocycles. The lowest BCUT2D eigenvalue weighted by molar-refractivity contribution is -0.188. The number of nitrogens with zero attached hydrogens (tertiary/aromatic N) is 1. The van der Waals surface area contributed by atoms with E-state index in [-0.39, 0.29) is 12.1 Å². The van der Waals surface area contributed by atoms with Gasteiger partial charge in [0.25, 0.3) is 0 Å². The van der Waals surface area contributed by atoms with E-state index in [4.69, 9.17) is 14.2 Å². The molecule has 0 bridgehead atoms. The lowest BCUT2D eigenvalue weighted by Crippen LogP contribution is -2.50. The Morgan fingerprint density at radius 2 is 2.14 bits per heavy atom. The Bertz CT molecular complexity index is 262. The minimum atomic E-state index is -0.421. The Morgan fingerprint density at radius 3 is 2.93 bits per heavy atom. The molecule has 78 valence electrons. The van der Waals surface area contributed by atoms with Crippen LogP contribution >= 0.6 is 0 Å². The van der Waals surface area contributed by atoms with Gasteiger partial charge < -0.3 is 19.1 Å². The smallest absolute Gasteiger partial charge is 0.410 e. The molecule has 3 heterocycles. The van der Waals surface area contributed by atoms with Gasteiger partial charge in [-0.3, -0.25) is 0 Å². The van der Waals surface area contributed by atoms with Gasteiger partial charge >= 0.3 is 6.09 Å². The Kier molecular flexibility index (Phi) is 1.72. The van der Waals surface area contributed by atoms with Crippen LogP contribution in [0.15, 0.2) is 0 Å². The molecule has 0 aromatic rings. The molecule has 1 atom stereocenters. The highest BCUT2D eigenvalue weighted by atomic mass is 16.7. The molecule has 3 aliphatic rings. The van der Waals surface area contributed by atoms with Crippen molar-refractivity contribution >= 4 is 6.09 Å². The molecule has 1 spiro atoms. The third-order valence-electron chi connectivity index (χ3n) is 3.17. The molecule has 5 nitrogen and oxygen atoms in total. The minimum Gasteiger partial charge on any atom is -0.447 e. The predicted octanol–water partition coefficient (Wildman–Crippen LogP) is 0.344. The summed E-state index contributed by atoms with van der Waals surface area (Å²) in [7, 11) is 0. The largest absolute Gasteiger partial charge is 0.447 e. The van der Waals surface area contributed by atoms with Gasteiger partial charge in [-0.05, 0) is 0 Å². The molecule has 0 unspecified atom stereocenters. The maximum Gasteiger partial charge on any atom is 0.410 e. The summed E-state index contributed by atoms with van der Waals surface area (Å²) >= 11 is 0. The second-order valence-corrected chi connectivity index (χ2v) is 3.99. The lowest BCUT2D eigenvalue weighted by atomic mass is 9.97. The van der Waals surface area contributed by atoms with Crippen LogP contribution in [0.5, 0.6) is 0 Å². The van der Waals surface area contributed by atoms with Gasteiger partial charge in [0.1, 0.15) is 6.61 Å². The highest BCUT2D eigenvalue weighted by Crippen LogP contribution is 2.36. The Morgan fingerprint density at radius 1 is 1.36 bits per heavy atom. The van der Waals surface area contributed by atoms with Crippen molar-refractivity contribution in [3.8, 4) is 0 Å². The zero-order valence-corrected chi connectivity index (χ0v) is 7.90. The average molecular weight is 199 g/mol. The Labute approximate surface area is 81.9 Å². The second-order valence-electron chi connectivity index (χ2n) is 3.99. The van der Waals surface area contributed by atoms with Gasteiger partial charge in [-0.1, -0.05) is 0 Å². The van der Waals surface area contributed by atoms with E-state index in [0.717, 1.165) is 12.8 Å². The van der Waals surface area contributed by atoms with Crippen LogP contribution in [-0.2, 0) is 14.2 Å². The van der Waals surface area contributed by atoms with Gasteiger partial charge in [-0.25, -0.2) is 4.79 Å². The zero-order chi connectivity index (χ0) is 9.60. The summed E-state index contributed by atoms with van der Waals surface area (Å²) in [5.74, 6) is -0.421. The van der Waals surface area contributed by atoms with E-state index >= 15 is 0 Å². The quantitative estimate of drug-likeness (QED) is 0.564. The summed E-state index contributed by atoms with van der Waals surface area (Å²) in [6.07, 6.45) is 1.32. The topological polar surface area (TPSA) is 48.0 Å². The van der Waals surface area contributed by atoms with Gasteiger partial charge in [0.2, 0.25) is 0 Å². The van der Waals surface area contributed by atoms with E-state index in [2.05, 4.69) is 0 Å². The number of carbonyl (C=O) groups excluding carboxylic acids is 1. The van der Waals surface area contributed by atoms with Crippen LogP contribution in [0.25, 0.3) is 0 Å². The molecular formula is C9H13NO4. The van der Waals surface area contributed by atoms with Crippen LogP contribution in [0.1, 0.15) is 12.8 Å². The van der Waals surface area contributed by atoms with Crippen LogP contribution in [0.3, 0.4) is 0 Å². The average Bonchev–Trinajstić information content (AvgIpc) is 2.76. The number of cyclic esters (lactones) is 1. The molecule has 0 aromatic heterocycles. The Balaban J connectivity index is 1.76. The summed E-state index contributed by atoms with van der Waals surface area (Å²) in [6, 6.07) is 0.148. The molecule has 3 rings (SSSR count). The fourth-order valence-corrected chi connectivity index (χ4v) is 2.44.